The summed E-state index contributed by atoms with van der Waals surface area (Å²) < 4.78 is 11.1. The van der Waals surface area contributed by atoms with E-state index in [9.17, 15) is 0 Å². The van der Waals surface area contributed by atoms with Crippen LogP contribution >= 0.6 is 11.3 Å². The first-order chi connectivity index (χ1) is 13.3. The number of thiazole rings is 1. The van der Waals surface area contributed by atoms with Gasteiger partial charge >= 0.3 is 0 Å². The Kier molecular flexibility index (Phi) is 8.84. The molecule has 1 aliphatic heterocycles. The Bertz CT molecular complexity index is 561. The van der Waals surface area contributed by atoms with Gasteiger partial charge in [0, 0.05) is 44.1 Å². The van der Waals surface area contributed by atoms with Gasteiger partial charge in [-0.15, -0.1) is 11.3 Å². The summed E-state index contributed by atoms with van der Waals surface area (Å²) in [5.41, 5.74) is 1.37. The van der Waals surface area contributed by atoms with Crippen LogP contribution in [0, 0.1) is 0 Å². The molecule has 152 valence electrons. The molecule has 2 aliphatic rings. The molecule has 1 saturated heterocycles. The quantitative estimate of drug-likeness (QED) is 0.363. The number of rotatable bonds is 10. The first-order valence-corrected chi connectivity index (χ1v) is 11.4. The predicted octanol–water partition coefficient (Wildman–Crippen LogP) is 2.71. The molecule has 3 rings (SSSR count). The summed E-state index contributed by atoms with van der Waals surface area (Å²) in [5.74, 6) is 0.903. The average molecular weight is 395 g/mol. The van der Waals surface area contributed by atoms with Crippen molar-refractivity contribution < 1.29 is 9.47 Å². The fraction of sp³-hybridized carbons (Fsp3) is 0.800. The lowest BCUT2D eigenvalue weighted by Crippen LogP contribution is -2.38. The monoisotopic (exact) mass is 394 g/mol. The van der Waals surface area contributed by atoms with Crippen LogP contribution < -0.4 is 10.6 Å². The van der Waals surface area contributed by atoms with Gasteiger partial charge in [-0.1, -0.05) is 0 Å². The molecular weight excluding hydrogens is 360 g/mol. The van der Waals surface area contributed by atoms with E-state index in [1.54, 1.807) is 0 Å². The molecule has 1 fully saturated rings. The molecule has 6 nitrogen and oxygen atoms in total. The molecule has 0 radical (unpaired) electrons. The zero-order chi connectivity index (χ0) is 18.7. The molecule has 1 aliphatic carbocycles. The fourth-order valence-electron chi connectivity index (χ4n) is 3.45. The lowest BCUT2D eigenvalue weighted by molar-refractivity contribution is 0.0420. The van der Waals surface area contributed by atoms with Crippen molar-refractivity contribution >= 4 is 17.3 Å². The highest BCUT2D eigenvalue weighted by atomic mass is 32.1. The third kappa shape index (κ3) is 7.05. The maximum absolute atomic E-state index is 5.80. The van der Waals surface area contributed by atoms with Crippen LogP contribution in [0.25, 0.3) is 0 Å². The molecule has 1 unspecified atom stereocenters. The third-order valence-electron chi connectivity index (χ3n) is 4.91. The number of hydrogen-bond acceptors (Lipinski definition) is 5. The van der Waals surface area contributed by atoms with E-state index >= 15 is 0 Å². The fourth-order valence-corrected chi connectivity index (χ4v) is 4.65. The molecule has 2 heterocycles. The van der Waals surface area contributed by atoms with Crippen molar-refractivity contribution in [3.05, 3.63) is 15.6 Å². The number of hydrogen-bond donors (Lipinski definition) is 2. The number of aromatic nitrogens is 1. The van der Waals surface area contributed by atoms with Gasteiger partial charge in [0.2, 0.25) is 0 Å². The van der Waals surface area contributed by atoms with Crippen molar-refractivity contribution in [1.82, 2.24) is 15.6 Å². The van der Waals surface area contributed by atoms with Crippen molar-refractivity contribution in [3.63, 3.8) is 0 Å². The molecule has 0 aromatic carbocycles. The lowest BCUT2D eigenvalue weighted by atomic mass is 10.0. The molecule has 0 bridgehead atoms. The lowest BCUT2D eigenvalue weighted by Gasteiger charge is -2.12. The number of aryl methyl sites for hydroxylation is 3. The van der Waals surface area contributed by atoms with E-state index in [2.05, 4.69) is 17.6 Å². The zero-order valence-electron chi connectivity index (χ0n) is 16.6. The minimum absolute atomic E-state index is 0.295. The third-order valence-corrected chi connectivity index (χ3v) is 6.13. The summed E-state index contributed by atoms with van der Waals surface area (Å²) in [6.45, 7) is 7.04. The van der Waals surface area contributed by atoms with Crippen molar-refractivity contribution in [3.8, 4) is 0 Å². The van der Waals surface area contributed by atoms with Crippen LogP contribution in [0.1, 0.15) is 54.6 Å². The van der Waals surface area contributed by atoms with Crippen LogP contribution in [0.15, 0.2) is 4.99 Å². The minimum Gasteiger partial charge on any atom is -0.379 e. The second kappa shape index (κ2) is 11.6. The molecule has 1 aromatic rings. The summed E-state index contributed by atoms with van der Waals surface area (Å²) in [6, 6.07) is 0. The number of fused-ring (bicyclic) bond motifs is 1. The smallest absolute Gasteiger partial charge is 0.191 e. The van der Waals surface area contributed by atoms with Gasteiger partial charge in [0.05, 0.1) is 23.4 Å². The summed E-state index contributed by atoms with van der Waals surface area (Å²) in [5, 5.41) is 8.01. The van der Waals surface area contributed by atoms with E-state index in [4.69, 9.17) is 19.5 Å². The maximum Gasteiger partial charge on any atom is 0.191 e. The van der Waals surface area contributed by atoms with Crippen molar-refractivity contribution in [2.24, 2.45) is 4.99 Å². The van der Waals surface area contributed by atoms with Gasteiger partial charge in [-0.2, -0.15) is 0 Å². The molecule has 2 N–H and O–H groups in total. The normalized spacial score (nSPS) is 19.9. The molecular formula is C20H34N4O2S. The van der Waals surface area contributed by atoms with Crippen LogP contribution in [0.3, 0.4) is 0 Å². The highest BCUT2D eigenvalue weighted by Gasteiger charge is 2.15. The van der Waals surface area contributed by atoms with Gasteiger partial charge in [0.15, 0.2) is 5.96 Å². The number of aliphatic imine (C=N–C) groups is 1. The first kappa shape index (κ1) is 20.6. The van der Waals surface area contributed by atoms with E-state index in [-0.39, 0.29) is 0 Å². The molecule has 0 amide bonds. The van der Waals surface area contributed by atoms with Gasteiger partial charge < -0.3 is 20.1 Å². The molecule has 7 heteroatoms. The van der Waals surface area contributed by atoms with Crippen molar-refractivity contribution in [2.75, 3.05) is 39.5 Å². The molecule has 0 spiro atoms. The number of nitrogens with zero attached hydrogens (tertiary/aromatic N) is 2. The predicted molar refractivity (Wildman–Crippen MR) is 111 cm³/mol. The minimum atomic E-state index is 0.295. The standard InChI is InChI=1S/C20H34N4O2S/c1-2-21-20(23-12-6-13-26-16-10-14-25-15-16)22-11-5-9-19-24-17-7-3-4-8-18(17)27-19/h16H,2-15H2,1H3,(H2,21,22,23). The van der Waals surface area contributed by atoms with Crippen LogP contribution in [-0.2, 0) is 28.7 Å². The van der Waals surface area contributed by atoms with Crippen LogP contribution in [0.2, 0.25) is 0 Å². The number of nitrogens with one attached hydrogen (secondary N) is 2. The van der Waals surface area contributed by atoms with Gasteiger partial charge in [-0.3, -0.25) is 4.99 Å². The van der Waals surface area contributed by atoms with Crippen molar-refractivity contribution in [2.45, 2.75) is 64.4 Å². The number of guanidine groups is 1. The molecule has 1 atom stereocenters. The largest absolute Gasteiger partial charge is 0.379 e. The Morgan fingerprint density at radius 1 is 1.30 bits per heavy atom. The van der Waals surface area contributed by atoms with Gasteiger partial charge in [-0.05, 0) is 51.9 Å². The van der Waals surface area contributed by atoms with Gasteiger partial charge in [-0.25, -0.2) is 4.98 Å². The SMILES string of the molecule is CCNC(=NCCCc1nc2c(s1)CCCC2)NCCCOC1CCOC1. The van der Waals surface area contributed by atoms with Gasteiger partial charge in [0.25, 0.3) is 0 Å². The Balaban J connectivity index is 1.31. The second-order valence-electron chi connectivity index (χ2n) is 7.19. The Morgan fingerprint density at radius 3 is 3.04 bits per heavy atom. The molecule has 1 aromatic heterocycles. The molecule has 0 saturated carbocycles. The summed E-state index contributed by atoms with van der Waals surface area (Å²) in [6.07, 6.45) is 9.43. The van der Waals surface area contributed by atoms with Crippen LogP contribution in [0.5, 0.6) is 0 Å². The summed E-state index contributed by atoms with van der Waals surface area (Å²) in [7, 11) is 0. The highest BCUT2D eigenvalue weighted by molar-refractivity contribution is 7.11. The zero-order valence-corrected chi connectivity index (χ0v) is 17.4. The van der Waals surface area contributed by atoms with Gasteiger partial charge in [0.1, 0.15) is 0 Å². The molecule has 27 heavy (non-hydrogen) atoms. The van der Waals surface area contributed by atoms with Crippen LogP contribution in [0.4, 0.5) is 0 Å². The second-order valence-corrected chi connectivity index (χ2v) is 8.35. The van der Waals surface area contributed by atoms with E-state index < -0.39 is 0 Å². The Labute approximate surface area is 167 Å². The van der Waals surface area contributed by atoms with E-state index in [1.807, 2.05) is 11.3 Å². The van der Waals surface area contributed by atoms with E-state index in [0.29, 0.717) is 6.10 Å². The maximum atomic E-state index is 5.80. The van der Waals surface area contributed by atoms with Crippen LogP contribution in [-0.4, -0.2) is 56.5 Å². The Hall–Kier alpha value is -1.18. The first-order valence-electron chi connectivity index (χ1n) is 10.5. The van der Waals surface area contributed by atoms with E-state index in [0.717, 1.165) is 71.1 Å². The average Bonchev–Trinajstić information content (AvgIpc) is 3.34. The number of ether oxygens (including phenoxy) is 2. The topological polar surface area (TPSA) is 67.8 Å². The summed E-state index contributed by atoms with van der Waals surface area (Å²) in [4.78, 5) is 11.0. The van der Waals surface area contributed by atoms with E-state index in [1.165, 1.54) is 41.3 Å². The van der Waals surface area contributed by atoms with Crippen molar-refractivity contribution in [1.29, 1.82) is 0 Å². The summed E-state index contributed by atoms with van der Waals surface area (Å²) >= 11 is 1.92. The Morgan fingerprint density at radius 2 is 2.22 bits per heavy atom. The highest BCUT2D eigenvalue weighted by Crippen LogP contribution is 2.27.